The van der Waals surface area contributed by atoms with Gasteiger partial charge in [0.05, 0.1) is 5.56 Å². The maximum absolute atomic E-state index is 12.4. The summed E-state index contributed by atoms with van der Waals surface area (Å²) in [5.74, 6) is -1.44. The molecule has 1 amide bonds. The van der Waals surface area contributed by atoms with E-state index >= 15 is 0 Å². The molecule has 0 bridgehead atoms. The van der Waals surface area contributed by atoms with Crippen molar-refractivity contribution in [3.05, 3.63) is 59.9 Å². The topological polar surface area (TPSA) is 68.3 Å². The van der Waals surface area contributed by atoms with Crippen molar-refractivity contribution in [3.63, 3.8) is 0 Å². The van der Waals surface area contributed by atoms with Crippen molar-refractivity contribution in [2.45, 2.75) is 6.18 Å². The Morgan fingerprint density at radius 1 is 1.09 bits per heavy atom. The monoisotopic (exact) mass is 324 g/mol. The van der Waals surface area contributed by atoms with Gasteiger partial charge in [0, 0.05) is 11.9 Å². The quantitative estimate of drug-likeness (QED) is 0.878. The molecule has 1 heterocycles. The number of ether oxygens (including phenoxy) is 1. The Hall–Kier alpha value is -2.90. The van der Waals surface area contributed by atoms with Gasteiger partial charge in [-0.05, 0) is 36.4 Å². The van der Waals surface area contributed by atoms with E-state index < -0.39 is 30.2 Å². The van der Waals surface area contributed by atoms with E-state index in [1.54, 1.807) is 12.1 Å². The van der Waals surface area contributed by atoms with Gasteiger partial charge in [0.25, 0.3) is 5.91 Å². The Kier molecular flexibility index (Phi) is 4.95. The largest absolute Gasteiger partial charge is 0.451 e. The molecule has 0 aliphatic carbocycles. The van der Waals surface area contributed by atoms with Crippen molar-refractivity contribution in [3.8, 4) is 0 Å². The minimum atomic E-state index is -4.44. The molecule has 23 heavy (non-hydrogen) atoms. The van der Waals surface area contributed by atoms with Gasteiger partial charge in [-0.3, -0.25) is 4.79 Å². The van der Waals surface area contributed by atoms with Gasteiger partial charge in [0.2, 0.25) is 0 Å². The van der Waals surface area contributed by atoms with Crippen LogP contribution in [-0.2, 0) is 15.7 Å². The van der Waals surface area contributed by atoms with Crippen LogP contribution < -0.4 is 5.32 Å². The summed E-state index contributed by atoms with van der Waals surface area (Å²) in [5, 5.41) is 2.32. The van der Waals surface area contributed by atoms with Crippen molar-refractivity contribution >= 4 is 17.6 Å². The van der Waals surface area contributed by atoms with E-state index in [9.17, 15) is 22.8 Å². The molecular weight excluding hydrogens is 313 g/mol. The number of halogens is 3. The number of carbonyl (C=O) groups is 2. The first-order valence-electron chi connectivity index (χ1n) is 6.41. The Morgan fingerprint density at radius 2 is 1.78 bits per heavy atom. The molecule has 8 heteroatoms. The molecule has 1 N–H and O–H groups in total. The summed E-state index contributed by atoms with van der Waals surface area (Å²) in [6, 6.07) is 8.55. The van der Waals surface area contributed by atoms with Gasteiger partial charge >= 0.3 is 12.1 Å². The van der Waals surface area contributed by atoms with Crippen molar-refractivity contribution in [2.75, 3.05) is 11.9 Å². The van der Waals surface area contributed by atoms with E-state index in [0.717, 1.165) is 24.3 Å². The van der Waals surface area contributed by atoms with Crippen LogP contribution in [0.5, 0.6) is 0 Å². The number of nitrogens with zero attached hydrogens (tertiary/aromatic N) is 1. The molecule has 1 aromatic carbocycles. The first-order chi connectivity index (χ1) is 10.9. The average Bonchev–Trinajstić information content (AvgIpc) is 2.53. The second-order valence-corrected chi connectivity index (χ2v) is 4.41. The van der Waals surface area contributed by atoms with Crippen LogP contribution >= 0.6 is 0 Å². The lowest BCUT2D eigenvalue weighted by Gasteiger charge is -2.09. The second-order valence-electron chi connectivity index (χ2n) is 4.41. The van der Waals surface area contributed by atoms with Gasteiger partial charge < -0.3 is 10.1 Å². The summed E-state index contributed by atoms with van der Waals surface area (Å²) in [5.41, 5.74) is -0.608. The molecule has 0 atom stereocenters. The zero-order chi connectivity index (χ0) is 16.9. The third-order valence-corrected chi connectivity index (χ3v) is 2.70. The first kappa shape index (κ1) is 16.5. The summed E-state index contributed by atoms with van der Waals surface area (Å²) in [6.07, 6.45) is -3.04. The van der Waals surface area contributed by atoms with E-state index in [1.165, 1.54) is 12.3 Å². The van der Waals surface area contributed by atoms with Crippen LogP contribution in [0.25, 0.3) is 0 Å². The molecule has 5 nitrogen and oxygen atoms in total. The van der Waals surface area contributed by atoms with Gasteiger partial charge in [-0.15, -0.1) is 0 Å². The maximum atomic E-state index is 12.4. The number of hydrogen-bond donors (Lipinski definition) is 1. The van der Waals surface area contributed by atoms with Gasteiger partial charge in [-0.1, -0.05) is 6.07 Å². The van der Waals surface area contributed by atoms with Gasteiger partial charge in [0.15, 0.2) is 6.61 Å². The molecule has 0 unspecified atom stereocenters. The summed E-state index contributed by atoms with van der Waals surface area (Å²) in [6.45, 7) is -0.573. The molecule has 120 valence electrons. The summed E-state index contributed by atoms with van der Waals surface area (Å²) >= 11 is 0. The number of hydrogen-bond acceptors (Lipinski definition) is 4. The Balaban J connectivity index is 1.86. The van der Waals surface area contributed by atoms with Gasteiger partial charge in [0.1, 0.15) is 5.69 Å². The number of nitrogens with one attached hydrogen (secondary N) is 1. The normalized spacial score (nSPS) is 10.9. The lowest BCUT2D eigenvalue weighted by atomic mass is 10.2. The molecule has 0 aliphatic rings. The van der Waals surface area contributed by atoms with Crippen LogP contribution in [0.2, 0.25) is 0 Å². The van der Waals surface area contributed by atoms with Crippen LogP contribution in [0.4, 0.5) is 18.9 Å². The highest BCUT2D eigenvalue weighted by Gasteiger charge is 2.29. The number of rotatable bonds is 4. The number of esters is 1. The molecule has 0 fully saturated rings. The van der Waals surface area contributed by atoms with Crippen molar-refractivity contribution < 1.29 is 27.5 Å². The fraction of sp³-hybridized carbons (Fsp3) is 0.133. The van der Waals surface area contributed by atoms with E-state index in [-0.39, 0.29) is 11.4 Å². The second kappa shape index (κ2) is 6.91. The highest BCUT2D eigenvalue weighted by molar-refractivity contribution is 5.94. The SMILES string of the molecule is O=C(COC(=O)c1ccccn1)Nc1ccc(C(F)(F)F)cc1. The van der Waals surface area contributed by atoms with E-state index in [2.05, 4.69) is 10.3 Å². The van der Waals surface area contributed by atoms with E-state index in [4.69, 9.17) is 4.74 Å². The third-order valence-electron chi connectivity index (χ3n) is 2.70. The molecule has 2 aromatic rings. The predicted octanol–water partition coefficient (Wildman–Crippen LogP) is 2.90. The van der Waals surface area contributed by atoms with E-state index in [0.29, 0.717) is 0 Å². The van der Waals surface area contributed by atoms with E-state index in [1.807, 2.05) is 0 Å². The molecule has 2 rings (SSSR count). The minimum absolute atomic E-state index is 0.0508. The number of benzene rings is 1. The van der Waals surface area contributed by atoms with Crippen LogP contribution in [0, 0.1) is 0 Å². The number of pyridine rings is 1. The number of anilines is 1. The first-order valence-corrected chi connectivity index (χ1v) is 6.41. The smallest absolute Gasteiger partial charge is 0.416 e. The Bertz CT molecular complexity index is 685. The molecule has 0 saturated carbocycles. The van der Waals surface area contributed by atoms with Crippen LogP contribution in [0.15, 0.2) is 48.7 Å². The Labute approximate surface area is 129 Å². The highest BCUT2D eigenvalue weighted by Crippen LogP contribution is 2.29. The zero-order valence-corrected chi connectivity index (χ0v) is 11.6. The molecule has 0 radical (unpaired) electrons. The van der Waals surface area contributed by atoms with Crippen molar-refractivity contribution in [1.82, 2.24) is 4.98 Å². The van der Waals surface area contributed by atoms with Crippen molar-refractivity contribution in [1.29, 1.82) is 0 Å². The number of aromatic nitrogens is 1. The third kappa shape index (κ3) is 4.80. The van der Waals surface area contributed by atoms with Gasteiger partial charge in [-0.25, -0.2) is 9.78 Å². The fourth-order valence-electron chi connectivity index (χ4n) is 1.63. The van der Waals surface area contributed by atoms with Crippen molar-refractivity contribution in [2.24, 2.45) is 0 Å². The minimum Gasteiger partial charge on any atom is -0.451 e. The lowest BCUT2D eigenvalue weighted by molar-refractivity contribution is -0.137. The summed E-state index contributed by atoms with van der Waals surface area (Å²) in [4.78, 5) is 26.9. The maximum Gasteiger partial charge on any atom is 0.416 e. The number of amides is 1. The standard InChI is InChI=1S/C15H11F3N2O3/c16-15(17,18)10-4-6-11(7-5-10)20-13(21)9-23-14(22)12-3-1-2-8-19-12/h1-8H,9H2,(H,20,21). The zero-order valence-electron chi connectivity index (χ0n) is 11.6. The number of alkyl halides is 3. The highest BCUT2D eigenvalue weighted by atomic mass is 19.4. The molecule has 1 aromatic heterocycles. The fourth-order valence-corrected chi connectivity index (χ4v) is 1.63. The summed E-state index contributed by atoms with van der Waals surface area (Å²) in [7, 11) is 0. The molecule has 0 aliphatic heterocycles. The van der Waals surface area contributed by atoms with Crippen LogP contribution in [0.3, 0.4) is 0 Å². The summed E-state index contributed by atoms with van der Waals surface area (Å²) < 4.78 is 42.0. The lowest BCUT2D eigenvalue weighted by Crippen LogP contribution is -2.21. The number of carbonyl (C=O) groups excluding carboxylic acids is 2. The van der Waals surface area contributed by atoms with Crippen LogP contribution in [-0.4, -0.2) is 23.5 Å². The van der Waals surface area contributed by atoms with Gasteiger partial charge in [-0.2, -0.15) is 13.2 Å². The molecule has 0 spiro atoms. The molecular formula is C15H11F3N2O3. The predicted molar refractivity (Wildman–Crippen MR) is 74.6 cm³/mol. The average molecular weight is 324 g/mol. The molecule has 0 saturated heterocycles. The van der Waals surface area contributed by atoms with Crippen LogP contribution in [0.1, 0.15) is 16.1 Å². The Morgan fingerprint density at radius 3 is 2.35 bits per heavy atom.